The molecule has 2 aromatic rings. The normalized spacial score (nSPS) is 10.2. The van der Waals surface area contributed by atoms with Crippen molar-refractivity contribution >= 4 is 11.7 Å². The molecule has 1 aromatic carbocycles. The highest BCUT2D eigenvalue weighted by molar-refractivity contribution is 5.90. The molecule has 6 heteroatoms. The summed E-state index contributed by atoms with van der Waals surface area (Å²) in [5.74, 6) is -0.314. The van der Waals surface area contributed by atoms with Crippen LogP contribution in [-0.2, 0) is 18.3 Å². The number of carbonyl (C=O) groups is 1. The van der Waals surface area contributed by atoms with Crippen molar-refractivity contribution in [1.82, 2.24) is 15.0 Å². The third-order valence-corrected chi connectivity index (χ3v) is 2.50. The van der Waals surface area contributed by atoms with Crippen LogP contribution in [0.2, 0.25) is 0 Å². The van der Waals surface area contributed by atoms with Crippen LogP contribution in [0.3, 0.4) is 0 Å². The van der Waals surface area contributed by atoms with Gasteiger partial charge < -0.3 is 10.1 Å². The highest BCUT2D eigenvalue weighted by atomic mass is 16.5. The topological polar surface area (TPSA) is 69.0 Å². The highest BCUT2D eigenvalue weighted by Gasteiger charge is 2.06. The van der Waals surface area contributed by atoms with E-state index in [9.17, 15) is 4.79 Å². The molecule has 0 aliphatic rings. The van der Waals surface area contributed by atoms with Crippen LogP contribution in [0, 0.1) is 0 Å². The molecule has 0 amide bonds. The van der Waals surface area contributed by atoms with Gasteiger partial charge in [0.05, 0.1) is 18.7 Å². The summed E-state index contributed by atoms with van der Waals surface area (Å²) in [6.07, 6.45) is 1.84. The molecule has 0 bridgehead atoms. The standard InChI is InChI=1S/C13H16N4O2/c1-3-19-13(18)10-5-4-6-11(7-10)14-8-12-9-17(2)16-15-12/h4-7,9,14H,3,8H2,1-2H3. The minimum atomic E-state index is -0.314. The van der Waals surface area contributed by atoms with Gasteiger partial charge in [-0.25, -0.2) is 4.79 Å². The van der Waals surface area contributed by atoms with Crippen LogP contribution in [0.25, 0.3) is 0 Å². The molecule has 0 unspecified atom stereocenters. The molecule has 1 N–H and O–H groups in total. The number of esters is 1. The van der Waals surface area contributed by atoms with Gasteiger partial charge in [-0.3, -0.25) is 4.68 Å². The second kappa shape index (κ2) is 5.99. The summed E-state index contributed by atoms with van der Waals surface area (Å²) in [6, 6.07) is 7.18. The molecule has 0 aliphatic heterocycles. The van der Waals surface area contributed by atoms with Crippen molar-refractivity contribution in [3.8, 4) is 0 Å². The molecule has 100 valence electrons. The lowest BCUT2D eigenvalue weighted by atomic mass is 10.2. The van der Waals surface area contributed by atoms with Crippen molar-refractivity contribution in [1.29, 1.82) is 0 Å². The van der Waals surface area contributed by atoms with Crippen LogP contribution in [0.1, 0.15) is 23.0 Å². The van der Waals surface area contributed by atoms with Crippen molar-refractivity contribution in [2.24, 2.45) is 7.05 Å². The summed E-state index contributed by atoms with van der Waals surface area (Å²) >= 11 is 0. The van der Waals surface area contributed by atoms with Gasteiger partial charge in [-0.15, -0.1) is 5.10 Å². The SMILES string of the molecule is CCOC(=O)c1cccc(NCc2cn(C)nn2)c1. The molecule has 0 atom stereocenters. The van der Waals surface area contributed by atoms with E-state index >= 15 is 0 Å². The Morgan fingerprint density at radius 2 is 2.32 bits per heavy atom. The van der Waals surface area contributed by atoms with Crippen LogP contribution >= 0.6 is 0 Å². The van der Waals surface area contributed by atoms with Crippen LogP contribution in [-0.4, -0.2) is 27.6 Å². The molecule has 6 nitrogen and oxygen atoms in total. The molecule has 0 spiro atoms. The Morgan fingerprint density at radius 1 is 1.47 bits per heavy atom. The maximum absolute atomic E-state index is 11.6. The molecule has 0 aliphatic carbocycles. The lowest BCUT2D eigenvalue weighted by molar-refractivity contribution is 0.0526. The summed E-state index contributed by atoms with van der Waals surface area (Å²) in [6.45, 7) is 2.71. The summed E-state index contributed by atoms with van der Waals surface area (Å²) in [5, 5.41) is 11.0. The molecular weight excluding hydrogens is 244 g/mol. The van der Waals surface area contributed by atoms with Gasteiger partial charge in [0.15, 0.2) is 0 Å². The summed E-state index contributed by atoms with van der Waals surface area (Å²) in [7, 11) is 1.82. The van der Waals surface area contributed by atoms with E-state index in [1.165, 1.54) is 0 Å². The van der Waals surface area contributed by atoms with E-state index in [4.69, 9.17) is 4.74 Å². The molecule has 0 saturated heterocycles. The average molecular weight is 260 g/mol. The zero-order valence-corrected chi connectivity index (χ0v) is 11.0. The lowest BCUT2D eigenvalue weighted by Gasteiger charge is -2.06. The van der Waals surface area contributed by atoms with E-state index in [1.54, 1.807) is 23.7 Å². The second-order valence-electron chi connectivity index (χ2n) is 4.04. The molecule has 2 rings (SSSR count). The Morgan fingerprint density at radius 3 is 3.00 bits per heavy atom. The number of carbonyl (C=O) groups excluding carboxylic acids is 1. The monoisotopic (exact) mass is 260 g/mol. The maximum Gasteiger partial charge on any atom is 0.338 e. The number of anilines is 1. The fraction of sp³-hybridized carbons (Fsp3) is 0.308. The van der Waals surface area contributed by atoms with E-state index in [0.717, 1.165) is 11.4 Å². The number of nitrogens with one attached hydrogen (secondary N) is 1. The third-order valence-electron chi connectivity index (χ3n) is 2.50. The number of ether oxygens (including phenoxy) is 1. The quantitative estimate of drug-likeness (QED) is 0.827. The van der Waals surface area contributed by atoms with Crippen LogP contribution in [0.5, 0.6) is 0 Å². The second-order valence-corrected chi connectivity index (χ2v) is 4.04. The zero-order chi connectivity index (χ0) is 13.7. The predicted molar refractivity (Wildman–Crippen MR) is 70.7 cm³/mol. The Bertz CT molecular complexity index is 565. The van der Waals surface area contributed by atoms with Gasteiger partial charge in [0.2, 0.25) is 0 Å². The van der Waals surface area contributed by atoms with Crippen molar-refractivity contribution in [3.63, 3.8) is 0 Å². The fourth-order valence-corrected chi connectivity index (χ4v) is 1.64. The van der Waals surface area contributed by atoms with Crippen LogP contribution in [0.15, 0.2) is 30.5 Å². The fourth-order valence-electron chi connectivity index (χ4n) is 1.64. The first-order chi connectivity index (χ1) is 9.19. The number of hydrogen-bond donors (Lipinski definition) is 1. The number of nitrogens with zero attached hydrogens (tertiary/aromatic N) is 3. The van der Waals surface area contributed by atoms with E-state index in [-0.39, 0.29) is 5.97 Å². The highest BCUT2D eigenvalue weighted by Crippen LogP contribution is 2.12. The molecule has 1 heterocycles. The molecule has 19 heavy (non-hydrogen) atoms. The van der Waals surface area contributed by atoms with Crippen LogP contribution < -0.4 is 5.32 Å². The molecular formula is C13H16N4O2. The minimum absolute atomic E-state index is 0.314. The first kappa shape index (κ1) is 13.1. The summed E-state index contributed by atoms with van der Waals surface area (Å²) < 4.78 is 6.60. The Balaban J connectivity index is 2.00. The third kappa shape index (κ3) is 3.54. The van der Waals surface area contributed by atoms with Gasteiger partial charge in [0, 0.05) is 18.9 Å². The number of aryl methyl sites for hydroxylation is 1. The Hall–Kier alpha value is -2.37. The molecule has 0 radical (unpaired) electrons. The van der Waals surface area contributed by atoms with E-state index < -0.39 is 0 Å². The number of aromatic nitrogens is 3. The van der Waals surface area contributed by atoms with Crippen molar-refractivity contribution in [2.45, 2.75) is 13.5 Å². The zero-order valence-electron chi connectivity index (χ0n) is 11.0. The van der Waals surface area contributed by atoms with E-state index in [0.29, 0.717) is 18.7 Å². The number of benzene rings is 1. The smallest absolute Gasteiger partial charge is 0.338 e. The van der Waals surface area contributed by atoms with Gasteiger partial charge in [-0.1, -0.05) is 11.3 Å². The lowest BCUT2D eigenvalue weighted by Crippen LogP contribution is -2.06. The molecule has 1 aromatic heterocycles. The molecule has 0 saturated carbocycles. The Labute approximate surface area is 111 Å². The van der Waals surface area contributed by atoms with E-state index in [1.807, 2.05) is 25.4 Å². The van der Waals surface area contributed by atoms with E-state index in [2.05, 4.69) is 15.6 Å². The van der Waals surface area contributed by atoms with Gasteiger partial charge in [0.25, 0.3) is 0 Å². The molecule has 0 fully saturated rings. The van der Waals surface area contributed by atoms with Crippen molar-refractivity contribution in [3.05, 3.63) is 41.7 Å². The van der Waals surface area contributed by atoms with Crippen LogP contribution in [0.4, 0.5) is 5.69 Å². The van der Waals surface area contributed by atoms with Crippen molar-refractivity contribution < 1.29 is 9.53 Å². The minimum Gasteiger partial charge on any atom is -0.462 e. The predicted octanol–water partition coefficient (Wildman–Crippen LogP) is 1.60. The Kier molecular flexibility index (Phi) is 4.12. The maximum atomic E-state index is 11.6. The van der Waals surface area contributed by atoms with Crippen molar-refractivity contribution in [2.75, 3.05) is 11.9 Å². The largest absolute Gasteiger partial charge is 0.462 e. The summed E-state index contributed by atoms with van der Waals surface area (Å²) in [5.41, 5.74) is 2.21. The first-order valence-electron chi connectivity index (χ1n) is 6.05. The van der Waals surface area contributed by atoms with Gasteiger partial charge in [-0.2, -0.15) is 0 Å². The summed E-state index contributed by atoms with van der Waals surface area (Å²) in [4.78, 5) is 11.6. The average Bonchev–Trinajstić information content (AvgIpc) is 2.83. The first-order valence-corrected chi connectivity index (χ1v) is 6.05. The van der Waals surface area contributed by atoms with Gasteiger partial charge in [-0.05, 0) is 25.1 Å². The van der Waals surface area contributed by atoms with Gasteiger partial charge in [0.1, 0.15) is 5.69 Å². The number of hydrogen-bond acceptors (Lipinski definition) is 5. The van der Waals surface area contributed by atoms with Gasteiger partial charge >= 0.3 is 5.97 Å². The number of rotatable bonds is 5.